The Morgan fingerprint density at radius 3 is 2.69 bits per heavy atom. The van der Waals surface area contributed by atoms with Gasteiger partial charge in [-0.25, -0.2) is 9.37 Å². The highest BCUT2D eigenvalue weighted by molar-refractivity contribution is 5.96. The second kappa shape index (κ2) is 8.51. The number of halogens is 1. The van der Waals surface area contributed by atoms with E-state index in [-0.39, 0.29) is 17.8 Å². The fraction of sp³-hybridized carbons (Fsp3) is 0.385. The first-order chi connectivity index (χ1) is 15.5. The number of hydrogen-bond donors (Lipinski definition) is 1. The lowest BCUT2D eigenvalue weighted by atomic mass is 9.77. The smallest absolute Gasteiger partial charge is 0.254 e. The van der Waals surface area contributed by atoms with Crippen LogP contribution >= 0.6 is 0 Å². The molecule has 3 aromatic rings. The quantitative estimate of drug-likeness (QED) is 0.677. The summed E-state index contributed by atoms with van der Waals surface area (Å²) in [4.78, 5) is 19.5. The third-order valence-corrected chi connectivity index (χ3v) is 7.18. The third kappa shape index (κ3) is 3.95. The summed E-state index contributed by atoms with van der Waals surface area (Å²) in [5.41, 5.74) is 3.06. The first-order valence-electron chi connectivity index (χ1n) is 11.3. The van der Waals surface area contributed by atoms with Gasteiger partial charge in [0.2, 0.25) is 0 Å². The summed E-state index contributed by atoms with van der Waals surface area (Å²) in [6.45, 7) is 3.12. The van der Waals surface area contributed by atoms with Crippen molar-refractivity contribution in [3.8, 4) is 0 Å². The molecule has 1 amide bonds. The van der Waals surface area contributed by atoms with Crippen LogP contribution < -0.4 is 0 Å². The lowest BCUT2D eigenvalue weighted by Gasteiger charge is -2.35. The Morgan fingerprint density at radius 1 is 1.16 bits per heavy atom. The summed E-state index contributed by atoms with van der Waals surface area (Å²) in [5.74, 6) is 0.484. The Bertz CT molecular complexity index is 1110. The van der Waals surface area contributed by atoms with Gasteiger partial charge in [-0.05, 0) is 66.8 Å². The molecule has 1 aromatic heterocycles. The SMILES string of the molecule is Cc1ccc(Cc2ccccc2C(=O)N2C[C@H]3C[C@@H](n4ccnc4)[C@H](O)C[C@H]3C2)cc1F. The number of aliphatic hydroxyl groups is 1. The molecular weight excluding hydrogens is 405 g/mol. The van der Waals surface area contributed by atoms with Crippen molar-refractivity contribution < 1.29 is 14.3 Å². The normalized spacial score (nSPS) is 25.0. The van der Waals surface area contributed by atoms with Gasteiger partial charge in [0, 0.05) is 31.0 Å². The number of benzene rings is 2. The molecule has 1 saturated heterocycles. The zero-order valence-corrected chi connectivity index (χ0v) is 18.2. The maximum Gasteiger partial charge on any atom is 0.254 e. The average Bonchev–Trinajstić information content (AvgIpc) is 3.45. The largest absolute Gasteiger partial charge is 0.391 e. The van der Waals surface area contributed by atoms with Crippen LogP contribution in [0.2, 0.25) is 0 Å². The fourth-order valence-corrected chi connectivity index (χ4v) is 5.38. The van der Waals surface area contributed by atoms with Gasteiger partial charge in [-0.2, -0.15) is 0 Å². The summed E-state index contributed by atoms with van der Waals surface area (Å²) in [6, 6.07) is 12.9. The molecule has 0 unspecified atom stereocenters. The fourth-order valence-electron chi connectivity index (χ4n) is 5.38. The van der Waals surface area contributed by atoms with Crippen molar-refractivity contribution in [1.82, 2.24) is 14.5 Å². The van der Waals surface area contributed by atoms with Crippen molar-refractivity contribution in [2.24, 2.45) is 11.8 Å². The van der Waals surface area contributed by atoms with Crippen LogP contribution in [0, 0.1) is 24.6 Å². The van der Waals surface area contributed by atoms with Gasteiger partial charge in [0.25, 0.3) is 5.91 Å². The Labute approximate surface area is 187 Å². The van der Waals surface area contributed by atoms with Gasteiger partial charge < -0.3 is 14.6 Å². The lowest BCUT2D eigenvalue weighted by Crippen LogP contribution is -2.35. The number of aryl methyl sites for hydroxylation is 1. The molecule has 1 aliphatic heterocycles. The third-order valence-electron chi connectivity index (χ3n) is 7.18. The average molecular weight is 434 g/mol. The number of nitrogens with zero attached hydrogens (tertiary/aromatic N) is 3. The number of aliphatic hydroxyl groups excluding tert-OH is 1. The number of carbonyl (C=O) groups excluding carboxylic acids is 1. The molecule has 4 atom stereocenters. The van der Waals surface area contributed by atoms with E-state index in [9.17, 15) is 14.3 Å². The van der Waals surface area contributed by atoms with Crippen LogP contribution in [0.4, 0.5) is 4.39 Å². The second-order valence-corrected chi connectivity index (χ2v) is 9.26. The highest BCUT2D eigenvalue weighted by Crippen LogP contribution is 2.41. The topological polar surface area (TPSA) is 58.4 Å². The molecule has 0 spiro atoms. The summed E-state index contributed by atoms with van der Waals surface area (Å²) in [7, 11) is 0. The van der Waals surface area contributed by atoms with Gasteiger partial charge in [0.15, 0.2) is 0 Å². The summed E-state index contributed by atoms with van der Waals surface area (Å²) in [6.07, 6.45) is 7.02. The Morgan fingerprint density at radius 2 is 1.94 bits per heavy atom. The molecule has 0 radical (unpaired) electrons. The second-order valence-electron chi connectivity index (χ2n) is 9.26. The van der Waals surface area contributed by atoms with E-state index in [1.807, 2.05) is 46.0 Å². The molecule has 32 heavy (non-hydrogen) atoms. The number of rotatable bonds is 4. The number of aromatic nitrogens is 2. The Kier molecular flexibility index (Phi) is 5.55. The molecule has 2 aromatic carbocycles. The number of hydrogen-bond acceptors (Lipinski definition) is 3. The van der Waals surface area contributed by atoms with Crippen molar-refractivity contribution in [1.29, 1.82) is 0 Å². The predicted molar refractivity (Wildman–Crippen MR) is 120 cm³/mol. The number of amides is 1. The number of carbonyl (C=O) groups is 1. The molecule has 0 bridgehead atoms. The molecule has 1 saturated carbocycles. The van der Waals surface area contributed by atoms with E-state index in [1.165, 1.54) is 0 Å². The predicted octanol–water partition coefficient (Wildman–Crippen LogP) is 4.01. The van der Waals surface area contributed by atoms with Crippen molar-refractivity contribution in [2.45, 2.75) is 38.3 Å². The number of imidazole rings is 1. The van der Waals surface area contributed by atoms with Crippen molar-refractivity contribution in [3.63, 3.8) is 0 Å². The van der Waals surface area contributed by atoms with Crippen LogP contribution in [0.1, 0.15) is 45.9 Å². The van der Waals surface area contributed by atoms with E-state index in [1.54, 1.807) is 31.6 Å². The molecule has 166 valence electrons. The molecule has 5 rings (SSSR count). The standard InChI is InChI=1S/C26H28FN3O2/c1-17-6-7-18(11-23(17)27)10-19-4-2-3-5-22(19)26(32)30-14-20-12-24(29-9-8-28-16-29)25(31)13-21(20)15-30/h2-9,11,16,20-21,24-25,31H,10,12-15H2,1H3/t20-,21+,24-,25-/m1/s1. The van der Waals surface area contributed by atoms with E-state index in [2.05, 4.69) is 4.98 Å². The molecule has 2 aliphatic rings. The summed E-state index contributed by atoms with van der Waals surface area (Å²) >= 11 is 0. The van der Waals surface area contributed by atoms with Crippen molar-refractivity contribution in [2.75, 3.05) is 13.1 Å². The highest BCUT2D eigenvalue weighted by atomic mass is 19.1. The zero-order valence-electron chi connectivity index (χ0n) is 18.2. The van der Waals surface area contributed by atoms with E-state index in [4.69, 9.17) is 0 Å². The first-order valence-corrected chi connectivity index (χ1v) is 11.3. The minimum Gasteiger partial charge on any atom is -0.391 e. The molecule has 6 heteroatoms. The summed E-state index contributed by atoms with van der Waals surface area (Å²) < 4.78 is 16.0. The molecule has 1 aliphatic carbocycles. The van der Waals surface area contributed by atoms with Crippen LogP contribution in [0.3, 0.4) is 0 Å². The lowest BCUT2D eigenvalue weighted by molar-refractivity contribution is 0.0357. The number of likely N-dealkylation sites (tertiary alicyclic amines) is 1. The minimum atomic E-state index is -0.427. The molecular formula is C26H28FN3O2. The number of fused-ring (bicyclic) bond motifs is 1. The Balaban J connectivity index is 1.33. The van der Waals surface area contributed by atoms with Crippen LogP contribution in [-0.4, -0.2) is 44.7 Å². The molecule has 5 nitrogen and oxygen atoms in total. The maximum atomic E-state index is 14.0. The van der Waals surface area contributed by atoms with E-state index in [0.29, 0.717) is 48.9 Å². The van der Waals surface area contributed by atoms with Gasteiger partial charge >= 0.3 is 0 Å². The van der Waals surface area contributed by atoms with Crippen LogP contribution in [0.25, 0.3) is 0 Å². The van der Waals surface area contributed by atoms with Gasteiger partial charge in [0.05, 0.1) is 18.5 Å². The van der Waals surface area contributed by atoms with Gasteiger partial charge in [-0.15, -0.1) is 0 Å². The molecule has 2 fully saturated rings. The van der Waals surface area contributed by atoms with Crippen LogP contribution in [0.5, 0.6) is 0 Å². The summed E-state index contributed by atoms with van der Waals surface area (Å²) in [5, 5.41) is 10.7. The maximum absolute atomic E-state index is 14.0. The van der Waals surface area contributed by atoms with Gasteiger partial charge in [-0.1, -0.05) is 30.3 Å². The molecule has 1 N–H and O–H groups in total. The monoisotopic (exact) mass is 433 g/mol. The molecule has 2 heterocycles. The Hall–Kier alpha value is -2.99. The van der Waals surface area contributed by atoms with E-state index in [0.717, 1.165) is 17.5 Å². The highest BCUT2D eigenvalue weighted by Gasteiger charge is 2.43. The first kappa shape index (κ1) is 20.9. The minimum absolute atomic E-state index is 0.0116. The van der Waals surface area contributed by atoms with Crippen molar-refractivity contribution >= 4 is 5.91 Å². The van der Waals surface area contributed by atoms with Crippen LogP contribution in [-0.2, 0) is 6.42 Å². The zero-order chi connectivity index (χ0) is 22.2. The van der Waals surface area contributed by atoms with E-state index >= 15 is 0 Å². The van der Waals surface area contributed by atoms with Gasteiger partial charge in [0.1, 0.15) is 5.82 Å². The van der Waals surface area contributed by atoms with E-state index < -0.39 is 6.10 Å². The van der Waals surface area contributed by atoms with Crippen molar-refractivity contribution in [3.05, 3.63) is 89.3 Å². The van der Waals surface area contributed by atoms with Crippen LogP contribution in [0.15, 0.2) is 61.2 Å². The van der Waals surface area contributed by atoms with Gasteiger partial charge in [-0.3, -0.25) is 4.79 Å².